The predicted octanol–water partition coefficient (Wildman–Crippen LogP) is 1.47. The van der Waals surface area contributed by atoms with Gasteiger partial charge < -0.3 is 11.1 Å². The molecule has 0 radical (unpaired) electrons. The molecule has 1 aromatic rings. The van der Waals surface area contributed by atoms with Crippen molar-refractivity contribution in [1.29, 1.82) is 0 Å². The van der Waals surface area contributed by atoms with Crippen LogP contribution in [-0.2, 0) is 0 Å². The lowest BCUT2D eigenvalue weighted by molar-refractivity contribution is 0.410. The molecular formula is C11H18N4. The second-order valence-corrected chi connectivity index (χ2v) is 4.28. The zero-order chi connectivity index (χ0) is 10.7. The second-order valence-electron chi connectivity index (χ2n) is 4.28. The fourth-order valence-corrected chi connectivity index (χ4v) is 1.96. The first kappa shape index (κ1) is 10.4. The molecule has 0 bridgehead atoms. The van der Waals surface area contributed by atoms with Gasteiger partial charge in [-0.1, -0.05) is 0 Å². The lowest BCUT2D eigenvalue weighted by Gasteiger charge is -2.26. The molecule has 0 saturated heterocycles. The molecule has 0 amide bonds. The number of nitrogens with two attached hydrogens (primary N) is 1. The number of aryl methyl sites for hydroxylation is 1. The topological polar surface area (TPSA) is 63.8 Å². The SMILES string of the molecule is Cc1ccnc(N[C@H]2CC[C@H](N)CC2)n1. The van der Waals surface area contributed by atoms with E-state index in [2.05, 4.69) is 15.3 Å². The van der Waals surface area contributed by atoms with Crippen LogP contribution in [0.25, 0.3) is 0 Å². The largest absolute Gasteiger partial charge is 0.351 e. The molecule has 4 heteroatoms. The first-order valence-corrected chi connectivity index (χ1v) is 5.56. The minimum Gasteiger partial charge on any atom is -0.351 e. The molecule has 1 heterocycles. The van der Waals surface area contributed by atoms with Crippen molar-refractivity contribution >= 4 is 5.95 Å². The van der Waals surface area contributed by atoms with E-state index in [-0.39, 0.29) is 0 Å². The summed E-state index contributed by atoms with van der Waals surface area (Å²) in [4.78, 5) is 8.53. The summed E-state index contributed by atoms with van der Waals surface area (Å²) < 4.78 is 0. The molecule has 82 valence electrons. The Bertz CT molecular complexity index is 318. The zero-order valence-electron chi connectivity index (χ0n) is 9.11. The van der Waals surface area contributed by atoms with Crippen LogP contribution < -0.4 is 11.1 Å². The van der Waals surface area contributed by atoms with Gasteiger partial charge >= 0.3 is 0 Å². The quantitative estimate of drug-likeness (QED) is 0.769. The zero-order valence-corrected chi connectivity index (χ0v) is 9.11. The van der Waals surface area contributed by atoms with Crippen LogP contribution in [0.2, 0.25) is 0 Å². The van der Waals surface area contributed by atoms with E-state index in [0.717, 1.165) is 37.3 Å². The lowest BCUT2D eigenvalue weighted by Crippen LogP contribution is -2.33. The summed E-state index contributed by atoms with van der Waals surface area (Å²) in [5.74, 6) is 0.746. The number of anilines is 1. The average Bonchev–Trinajstić information content (AvgIpc) is 2.22. The van der Waals surface area contributed by atoms with Gasteiger partial charge in [0.2, 0.25) is 5.95 Å². The van der Waals surface area contributed by atoms with Gasteiger partial charge in [-0.15, -0.1) is 0 Å². The summed E-state index contributed by atoms with van der Waals surface area (Å²) in [6.07, 6.45) is 6.24. The maximum atomic E-state index is 5.86. The van der Waals surface area contributed by atoms with Crippen LogP contribution in [0.3, 0.4) is 0 Å². The minimum absolute atomic E-state index is 0.390. The van der Waals surface area contributed by atoms with Crippen molar-refractivity contribution in [2.75, 3.05) is 5.32 Å². The second kappa shape index (κ2) is 4.57. The monoisotopic (exact) mass is 206 g/mol. The Morgan fingerprint density at radius 2 is 2.07 bits per heavy atom. The molecule has 1 saturated carbocycles. The number of hydrogen-bond acceptors (Lipinski definition) is 4. The van der Waals surface area contributed by atoms with E-state index in [1.807, 2.05) is 13.0 Å². The van der Waals surface area contributed by atoms with Crippen molar-refractivity contribution in [2.45, 2.75) is 44.7 Å². The Balaban J connectivity index is 1.92. The van der Waals surface area contributed by atoms with Crippen LogP contribution in [0.1, 0.15) is 31.4 Å². The van der Waals surface area contributed by atoms with Crippen LogP contribution in [0.15, 0.2) is 12.3 Å². The Kier molecular flexibility index (Phi) is 3.16. The lowest BCUT2D eigenvalue weighted by atomic mass is 9.92. The molecule has 15 heavy (non-hydrogen) atoms. The van der Waals surface area contributed by atoms with Crippen LogP contribution in [0, 0.1) is 6.92 Å². The highest BCUT2D eigenvalue weighted by Crippen LogP contribution is 2.19. The van der Waals surface area contributed by atoms with Gasteiger partial charge in [0.05, 0.1) is 0 Å². The maximum absolute atomic E-state index is 5.86. The van der Waals surface area contributed by atoms with E-state index in [1.54, 1.807) is 6.20 Å². The Hall–Kier alpha value is -1.16. The Labute approximate surface area is 90.3 Å². The minimum atomic E-state index is 0.390. The fraction of sp³-hybridized carbons (Fsp3) is 0.636. The van der Waals surface area contributed by atoms with Gasteiger partial charge in [0, 0.05) is 24.0 Å². The van der Waals surface area contributed by atoms with Gasteiger partial charge in [-0.2, -0.15) is 0 Å². The summed E-state index contributed by atoms with van der Waals surface area (Å²) in [5, 5.41) is 3.36. The number of aromatic nitrogens is 2. The fourth-order valence-electron chi connectivity index (χ4n) is 1.96. The van der Waals surface area contributed by atoms with Gasteiger partial charge in [0.15, 0.2) is 0 Å². The van der Waals surface area contributed by atoms with Gasteiger partial charge in [-0.05, 0) is 38.7 Å². The molecule has 1 aliphatic rings. The van der Waals surface area contributed by atoms with Crippen molar-refractivity contribution in [2.24, 2.45) is 5.73 Å². The molecule has 1 aliphatic carbocycles. The summed E-state index contributed by atoms with van der Waals surface area (Å²) in [6.45, 7) is 1.98. The smallest absolute Gasteiger partial charge is 0.223 e. The molecule has 1 aromatic heterocycles. The third kappa shape index (κ3) is 2.89. The molecule has 0 aliphatic heterocycles. The van der Waals surface area contributed by atoms with Crippen LogP contribution in [0.5, 0.6) is 0 Å². The first-order chi connectivity index (χ1) is 7.24. The highest BCUT2D eigenvalue weighted by Gasteiger charge is 2.18. The van der Waals surface area contributed by atoms with Crippen molar-refractivity contribution in [3.05, 3.63) is 18.0 Å². The van der Waals surface area contributed by atoms with Crippen molar-refractivity contribution in [1.82, 2.24) is 9.97 Å². The molecule has 0 spiro atoms. The van der Waals surface area contributed by atoms with Crippen LogP contribution >= 0.6 is 0 Å². The maximum Gasteiger partial charge on any atom is 0.223 e. The predicted molar refractivity (Wildman–Crippen MR) is 60.6 cm³/mol. The van der Waals surface area contributed by atoms with E-state index in [9.17, 15) is 0 Å². The highest BCUT2D eigenvalue weighted by molar-refractivity contribution is 5.26. The normalized spacial score (nSPS) is 26.3. The van der Waals surface area contributed by atoms with Gasteiger partial charge in [-0.3, -0.25) is 0 Å². The van der Waals surface area contributed by atoms with Crippen molar-refractivity contribution < 1.29 is 0 Å². The molecule has 0 unspecified atom stereocenters. The summed E-state index contributed by atoms with van der Waals surface area (Å²) in [7, 11) is 0. The third-order valence-electron chi connectivity index (χ3n) is 2.90. The molecule has 4 nitrogen and oxygen atoms in total. The third-order valence-corrected chi connectivity index (χ3v) is 2.90. The van der Waals surface area contributed by atoms with E-state index >= 15 is 0 Å². The molecule has 1 fully saturated rings. The number of rotatable bonds is 2. The summed E-state index contributed by atoms with van der Waals surface area (Å²) in [6, 6.07) is 2.79. The number of nitrogens with one attached hydrogen (secondary N) is 1. The molecule has 0 atom stereocenters. The highest BCUT2D eigenvalue weighted by atomic mass is 15.1. The van der Waals surface area contributed by atoms with E-state index < -0.39 is 0 Å². The van der Waals surface area contributed by atoms with Gasteiger partial charge in [0.25, 0.3) is 0 Å². The van der Waals surface area contributed by atoms with E-state index in [1.165, 1.54) is 0 Å². The van der Waals surface area contributed by atoms with Gasteiger partial charge in [0.1, 0.15) is 0 Å². The van der Waals surface area contributed by atoms with Crippen LogP contribution in [-0.4, -0.2) is 22.1 Å². The van der Waals surface area contributed by atoms with E-state index in [4.69, 9.17) is 5.73 Å². The molecule has 0 aromatic carbocycles. The summed E-state index contributed by atoms with van der Waals surface area (Å²) in [5.41, 5.74) is 6.86. The standard InChI is InChI=1S/C11H18N4/c1-8-6-7-13-11(14-8)15-10-4-2-9(12)3-5-10/h6-7,9-10H,2-5,12H2,1H3,(H,13,14,15)/t9-,10-. The summed E-state index contributed by atoms with van der Waals surface area (Å²) >= 11 is 0. The molecular weight excluding hydrogens is 188 g/mol. The van der Waals surface area contributed by atoms with E-state index in [0.29, 0.717) is 12.1 Å². The van der Waals surface area contributed by atoms with Gasteiger partial charge in [-0.25, -0.2) is 9.97 Å². The molecule has 2 rings (SSSR count). The Morgan fingerprint density at radius 1 is 1.33 bits per heavy atom. The van der Waals surface area contributed by atoms with Crippen LogP contribution in [0.4, 0.5) is 5.95 Å². The Morgan fingerprint density at radius 3 is 2.73 bits per heavy atom. The first-order valence-electron chi connectivity index (χ1n) is 5.56. The number of nitrogens with zero attached hydrogens (tertiary/aromatic N) is 2. The van der Waals surface area contributed by atoms with Crippen molar-refractivity contribution in [3.63, 3.8) is 0 Å². The average molecular weight is 206 g/mol. The van der Waals surface area contributed by atoms with Crippen molar-refractivity contribution in [3.8, 4) is 0 Å². The molecule has 3 N–H and O–H groups in total. The number of hydrogen-bond donors (Lipinski definition) is 2.